The number of primary amides is 1. The molecule has 3 atom stereocenters. The maximum absolute atomic E-state index is 12.0. The van der Waals surface area contributed by atoms with E-state index < -0.39 is 5.54 Å². The van der Waals surface area contributed by atoms with E-state index in [1.54, 1.807) is 0 Å². The molecule has 3 N–H and O–H groups in total. The second-order valence-electron chi connectivity index (χ2n) is 6.73. The largest absolute Gasteiger partial charge is 0.368 e. The number of hydrogen-bond donors (Lipinski definition) is 2. The molecular weight excluding hydrogens is 238 g/mol. The maximum atomic E-state index is 12.0. The van der Waals surface area contributed by atoms with E-state index in [2.05, 4.69) is 10.2 Å². The van der Waals surface area contributed by atoms with Crippen LogP contribution in [0.3, 0.4) is 0 Å². The molecule has 108 valence electrons. The maximum Gasteiger partial charge on any atom is 0.239 e. The number of likely N-dealkylation sites (N-methyl/N-ethyl adjacent to an activating group) is 1. The molecule has 3 rings (SSSR count). The Morgan fingerprint density at radius 3 is 2.63 bits per heavy atom. The molecule has 3 unspecified atom stereocenters. The highest BCUT2D eigenvalue weighted by Crippen LogP contribution is 2.43. The Morgan fingerprint density at radius 2 is 2.00 bits per heavy atom. The van der Waals surface area contributed by atoms with Crippen LogP contribution in [0.25, 0.3) is 0 Å². The quantitative estimate of drug-likeness (QED) is 0.783. The van der Waals surface area contributed by atoms with Gasteiger partial charge >= 0.3 is 0 Å². The molecule has 0 radical (unpaired) electrons. The van der Waals surface area contributed by atoms with Crippen LogP contribution in [0, 0.1) is 11.8 Å². The van der Waals surface area contributed by atoms with E-state index in [4.69, 9.17) is 5.73 Å². The first-order valence-electron chi connectivity index (χ1n) is 7.90. The molecule has 1 heterocycles. The van der Waals surface area contributed by atoms with Crippen molar-refractivity contribution in [2.45, 2.75) is 56.5 Å². The highest BCUT2D eigenvalue weighted by atomic mass is 16.1. The summed E-state index contributed by atoms with van der Waals surface area (Å²) in [5.74, 6) is 1.17. The molecule has 0 aromatic carbocycles. The van der Waals surface area contributed by atoms with Crippen molar-refractivity contribution in [3.8, 4) is 0 Å². The lowest BCUT2D eigenvalue weighted by Gasteiger charge is -2.39. The fraction of sp³-hybridized carbons (Fsp3) is 0.933. The monoisotopic (exact) mass is 265 g/mol. The molecular formula is C15H27N3O. The van der Waals surface area contributed by atoms with Gasteiger partial charge in [-0.05, 0) is 57.5 Å². The third kappa shape index (κ3) is 2.29. The molecule has 2 saturated carbocycles. The Labute approximate surface area is 116 Å². The molecule has 0 spiro atoms. The van der Waals surface area contributed by atoms with Gasteiger partial charge < -0.3 is 11.1 Å². The summed E-state index contributed by atoms with van der Waals surface area (Å²) in [4.78, 5) is 14.6. The highest BCUT2D eigenvalue weighted by molar-refractivity contribution is 5.86. The summed E-state index contributed by atoms with van der Waals surface area (Å²) in [6.45, 7) is 1.98. The molecule has 3 fully saturated rings. The number of hydrogen-bond acceptors (Lipinski definition) is 3. The lowest BCUT2D eigenvalue weighted by molar-refractivity contribution is -0.126. The van der Waals surface area contributed by atoms with Crippen LogP contribution < -0.4 is 11.1 Å². The molecule has 1 aliphatic heterocycles. The van der Waals surface area contributed by atoms with Gasteiger partial charge in [0.2, 0.25) is 5.91 Å². The van der Waals surface area contributed by atoms with E-state index in [1.807, 2.05) is 7.05 Å². The normalized spacial score (nSPS) is 34.8. The van der Waals surface area contributed by atoms with Crippen molar-refractivity contribution in [1.82, 2.24) is 10.2 Å². The average molecular weight is 265 g/mol. The third-order valence-corrected chi connectivity index (χ3v) is 5.74. The summed E-state index contributed by atoms with van der Waals surface area (Å²) >= 11 is 0. The smallest absolute Gasteiger partial charge is 0.239 e. The van der Waals surface area contributed by atoms with Gasteiger partial charge in [-0.15, -0.1) is 0 Å². The van der Waals surface area contributed by atoms with Crippen LogP contribution in [-0.4, -0.2) is 42.5 Å². The molecule has 3 aliphatic rings. The van der Waals surface area contributed by atoms with Gasteiger partial charge in [0.1, 0.15) is 5.54 Å². The van der Waals surface area contributed by atoms with Crippen molar-refractivity contribution in [2.24, 2.45) is 17.6 Å². The number of fused-ring (bicyclic) bond motifs is 1. The summed E-state index contributed by atoms with van der Waals surface area (Å²) in [6, 6.07) is 0.708. The van der Waals surface area contributed by atoms with Crippen LogP contribution in [0.2, 0.25) is 0 Å². The molecule has 1 saturated heterocycles. The molecule has 4 nitrogen and oxygen atoms in total. The zero-order valence-corrected chi connectivity index (χ0v) is 12.0. The molecule has 4 heteroatoms. The van der Waals surface area contributed by atoms with Gasteiger partial charge in [-0.25, -0.2) is 0 Å². The molecule has 1 amide bonds. The Kier molecular flexibility index (Phi) is 3.56. The molecule has 0 bridgehead atoms. The second-order valence-corrected chi connectivity index (χ2v) is 6.73. The molecule has 0 aromatic rings. The van der Waals surface area contributed by atoms with Gasteiger partial charge in [-0.3, -0.25) is 9.69 Å². The first-order chi connectivity index (χ1) is 9.17. The summed E-state index contributed by atoms with van der Waals surface area (Å²) in [5.41, 5.74) is 5.26. The van der Waals surface area contributed by atoms with E-state index >= 15 is 0 Å². The van der Waals surface area contributed by atoms with Crippen LogP contribution >= 0.6 is 0 Å². The minimum Gasteiger partial charge on any atom is -0.368 e. The van der Waals surface area contributed by atoms with Gasteiger partial charge in [-0.2, -0.15) is 0 Å². The Morgan fingerprint density at radius 1 is 1.26 bits per heavy atom. The number of nitrogens with one attached hydrogen (secondary N) is 1. The third-order valence-electron chi connectivity index (χ3n) is 5.74. The minimum atomic E-state index is -0.480. The van der Waals surface area contributed by atoms with Gasteiger partial charge in [0.25, 0.3) is 0 Å². The van der Waals surface area contributed by atoms with E-state index in [0.717, 1.165) is 31.8 Å². The summed E-state index contributed by atoms with van der Waals surface area (Å²) in [6.07, 6.45) is 9.04. The van der Waals surface area contributed by atoms with Gasteiger partial charge in [-0.1, -0.05) is 12.8 Å². The van der Waals surface area contributed by atoms with Gasteiger partial charge in [0.15, 0.2) is 0 Å². The van der Waals surface area contributed by atoms with Crippen molar-refractivity contribution in [3.05, 3.63) is 0 Å². The fourth-order valence-electron chi connectivity index (χ4n) is 4.41. The summed E-state index contributed by atoms with van der Waals surface area (Å²) < 4.78 is 0. The molecule has 0 aromatic heterocycles. The predicted octanol–water partition coefficient (Wildman–Crippen LogP) is 1.10. The number of amides is 1. The Bertz CT molecular complexity index is 355. The fourth-order valence-corrected chi connectivity index (χ4v) is 4.41. The zero-order chi connectivity index (χ0) is 13.5. The molecule has 2 aliphatic carbocycles. The number of rotatable bonds is 5. The lowest BCUT2D eigenvalue weighted by Crippen LogP contribution is -2.62. The van der Waals surface area contributed by atoms with Crippen molar-refractivity contribution < 1.29 is 4.79 Å². The van der Waals surface area contributed by atoms with E-state index in [0.29, 0.717) is 12.0 Å². The summed E-state index contributed by atoms with van der Waals surface area (Å²) in [5, 5.41) is 3.28. The predicted molar refractivity (Wildman–Crippen MR) is 75.6 cm³/mol. The molecule has 19 heavy (non-hydrogen) atoms. The van der Waals surface area contributed by atoms with Crippen LogP contribution in [0.15, 0.2) is 0 Å². The lowest BCUT2D eigenvalue weighted by atomic mass is 9.84. The van der Waals surface area contributed by atoms with Crippen LogP contribution in [0.1, 0.15) is 44.9 Å². The number of nitrogens with two attached hydrogens (primary N) is 1. The summed E-state index contributed by atoms with van der Waals surface area (Å²) in [7, 11) is 1.90. The zero-order valence-electron chi connectivity index (χ0n) is 12.0. The van der Waals surface area contributed by atoms with Crippen molar-refractivity contribution in [1.29, 1.82) is 0 Å². The Hall–Kier alpha value is -0.610. The number of nitrogens with zero attached hydrogens (tertiary/aromatic N) is 1. The van der Waals surface area contributed by atoms with E-state index in [-0.39, 0.29) is 5.91 Å². The van der Waals surface area contributed by atoms with Gasteiger partial charge in [0.05, 0.1) is 0 Å². The Balaban J connectivity index is 1.73. The SMILES string of the molecule is CNC(CN1CCC2CCCCC21)(C(N)=O)C1CC1. The second kappa shape index (κ2) is 5.06. The van der Waals surface area contributed by atoms with E-state index in [9.17, 15) is 4.79 Å². The average Bonchev–Trinajstić information content (AvgIpc) is 3.19. The van der Waals surface area contributed by atoms with Crippen LogP contribution in [0.4, 0.5) is 0 Å². The van der Waals surface area contributed by atoms with E-state index in [1.165, 1.54) is 32.1 Å². The van der Waals surface area contributed by atoms with Crippen molar-refractivity contribution in [3.63, 3.8) is 0 Å². The first-order valence-corrected chi connectivity index (χ1v) is 7.90. The first kappa shape index (κ1) is 13.4. The topological polar surface area (TPSA) is 58.4 Å². The number of carbonyl (C=O) groups is 1. The minimum absolute atomic E-state index is 0.156. The van der Waals surface area contributed by atoms with Crippen LogP contribution in [0.5, 0.6) is 0 Å². The van der Waals surface area contributed by atoms with Gasteiger partial charge in [0, 0.05) is 12.6 Å². The highest BCUT2D eigenvalue weighted by Gasteiger charge is 2.51. The number of carbonyl (C=O) groups excluding carboxylic acids is 1. The standard InChI is InChI=1S/C15H27N3O/c1-17-15(14(16)19,12-6-7-12)10-18-9-8-11-4-2-3-5-13(11)18/h11-13,17H,2-10H2,1H3,(H2,16,19). The van der Waals surface area contributed by atoms with Crippen molar-refractivity contribution in [2.75, 3.05) is 20.1 Å². The van der Waals surface area contributed by atoms with Crippen molar-refractivity contribution >= 4 is 5.91 Å². The number of likely N-dealkylation sites (tertiary alicyclic amines) is 1. The van der Waals surface area contributed by atoms with Crippen LogP contribution in [-0.2, 0) is 4.79 Å².